The van der Waals surface area contributed by atoms with Gasteiger partial charge < -0.3 is 0 Å². The highest BCUT2D eigenvalue weighted by Crippen LogP contribution is 2.45. The molecule has 0 atom stereocenters. The van der Waals surface area contributed by atoms with Crippen LogP contribution in [-0.4, -0.2) is 0 Å². The van der Waals surface area contributed by atoms with Crippen molar-refractivity contribution in [1.29, 1.82) is 0 Å². The minimum Gasteiger partial charge on any atom is -0.206 e. The molecule has 2 aliphatic carbocycles. The largest absolute Gasteiger partial charge is 0.206 e. The first kappa shape index (κ1) is 32.8. The van der Waals surface area contributed by atoms with Crippen LogP contribution < -0.4 is 0 Å². The Bertz CT molecular complexity index is 1310. The van der Waals surface area contributed by atoms with Gasteiger partial charge in [0.15, 0.2) is 11.6 Å². The molecule has 44 heavy (non-hydrogen) atoms. The molecule has 0 aliphatic heterocycles. The molecule has 238 valence electrons. The Morgan fingerprint density at radius 2 is 1.16 bits per heavy atom. The predicted octanol–water partition coefficient (Wildman–Crippen LogP) is 13.2. The van der Waals surface area contributed by atoms with Gasteiger partial charge in [0.1, 0.15) is 5.82 Å². The molecule has 0 bridgehead atoms. The van der Waals surface area contributed by atoms with Crippen molar-refractivity contribution in [2.45, 2.75) is 129 Å². The Morgan fingerprint density at radius 3 is 1.80 bits per heavy atom. The molecule has 3 aromatic rings. The Balaban J connectivity index is 1.16. The lowest BCUT2D eigenvalue weighted by atomic mass is 9.68. The maximum absolute atomic E-state index is 15.4. The normalized spacial score (nSPS) is 22.3. The number of aryl methyl sites for hydroxylation is 1. The summed E-state index contributed by atoms with van der Waals surface area (Å²) in [6.07, 6.45) is 20.8. The molecule has 2 saturated carbocycles. The van der Waals surface area contributed by atoms with E-state index < -0.39 is 11.6 Å². The van der Waals surface area contributed by atoms with Crippen LogP contribution in [-0.2, 0) is 6.42 Å². The molecule has 2 fully saturated rings. The topological polar surface area (TPSA) is 0 Å². The SMILES string of the molecule is CCCCCCc1ccc(-c2ccc(-c3ccc(C4CCC(C5CCC(CCCCC)CC5)CC4)cc3F)cc2)c(F)c1F. The van der Waals surface area contributed by atoms with Crippen LogP contribution in [0, 0.1) is 35.2 Å². The minimum atomic E-state index is -0.800. The maximum atomic E-state index is 15.4. The fourth-order valence-electron chi connectivity index (χ4n) is 8.15. The molecule has 0 N–H and O–H groups in total. The van der Waals surface area contributed by atoms with Crippen LogP contribution in [0.25, 0.3) is 22.3 Å². The van der Waals surface area contributed by atoms with Crippen molar-refractivity contribution in [2.24, 2.45) is 17.8 Å². The van der Waals surface area contributed by atoms with E-state index in [1.54, 1.807) is 30.3 Å². The van der Waals surface area contributed by atoms with Gasteiger partial charge in [0, 0.05) is 11.1 Å². The Labute approximate surface area is 264 Å². The number of benzene rings is 3. The van der Waals surface area contributed by atoms with Gasteiger partial charge in [0.2, 0.25) is 0 Å². The van der Waals surface area contributed by atoms with E-state index in [0.717, 1.165) is 67.4 Å². The third-order valence-electron chi connectivity index (χ3n) is 11.0. The first-order valence-corrected chi connectivity index (χ1v) is 17.9. The lowest BCUT2D eigenvalue weighted by molar-refractivity contribution is 0.155. The standard InChI is InChI=1S/C41H53F3/c1-3-5-7-9-11-35-24-27-38(41(44)40(35)43)34-22-20-33(21-23-34)37-26-25-36(28-39(37)42)32-18-16-31(17-19-32)30-14-12-29(13-15-30)10-8-6-4-2/h20-32H,3-19H2,1-2H3. The van der Waals surface area contributed by atoms with Gasteiger partial charge in [-0.3, -0.25) is 0 Å². The van der Waals surface area contributed by atoms with Gasteiger partial charge in [-0.1, -0.05) is 120 Å². The molecular weight excluding hydrogens is 549 g/mol. The number of hydrogen-bond acceptors (Lipinski definition) is 0. The van der Waals surface area contributed by atoms with Gasteiger partial charge in [-0.05, 0) is 103 Å². The van der Waals surface area contributed by atoms with Crippen molar-refractivity contribution < 1.29 is 13.2 Å². The van der Waals surface area contributed by atoms with Gasteiger partial charge in [0.25, 0.3) is 0 Å². The fourth-order valence-corrected chi connectivity index (χ4v) is 8.15. The third-order valence-corrected chi connectivity index (χ3v) is 11.0. The third kappa shape index (κ3) is 8.18. The van der Waals surface area contributed by atoms with Crippen molar-refractivity contribution in [3.8, 4) is 22.3 Å². The minimum absolute atomic E-state index is 0.205. The Kier molecular flexibility index (Phi) is 12.0. The number of hydrogen-bond donors (Lipinski definition) is 0. The highest BCUT2D eigenvalue weighted by atomic mass is 19.2. The number of rotatable bonds is 13. The zero-order valence-electron chi connectivity index (χ0n) is 27.2. The van der Waals surface area contributed by atoms with Gasteiger partial charge >= 0.3 is 0 Å². The summed E-state index contributed by atoms with van der Waals surface area (Å²) in [6, 6.07) is 16.3. The molecule has 3 aromatic carbocycles. The smallest absolute Gasteiger partial charge is 0.166 e. The van der Waals surface area contributed by atoms with E-state index in [1.807, 2.05) is 18.2 Å². The lowest BCUT2D eigenvalue weighted by Gasteiger charge is -2.38. The zero-order valence-corrected chi connectivity index (χ0v) is 27.2. The van der Waals surface area contributed by atoms with Crippen LogP contribution in [0.1, 0.15) is 134 Å². The van der Waals surface area contributed by atoms with Crippen LogP contribution in [0.3, 0.4) is 0 Å². The summed E-state index contributed by atoms with van der Waals surface area (Å²) in [7, 11) is 0. The average molecular weight is 603 g/mol. The van der Waals surface area contributed by atoms with Crippen LogP contribution in [0.15, 0.2) is 54.6 Å². The van der Waals surface area contributed by atoms with Gasteiger partial charge in [0.05, 0.1) is 0 Å². The molecule has 0 heterocycles. The summed E-state index contributed by atoms with van der Waals surface area (Å²) in [5, 5.41) is 0. The average Bonchev–Trinajstić information content (AvgIpc) is 3.06. The second-order valence-electron chi connectivity index (χ2n) is 13.9. The van der Waals surface area contributed by atoms with Crippen LogP contribution in [0.4, 0.5) is 13.2 Å². The second kappa shape index (κ2) is 16.1. The van der Waals surface area contributed by atoms with Crippen LogP contribution in [0.2, 0.25) is 0 Å². The Morgan fingerprint density at radius 1 is 0.568 bits per heavy atom. The van der Waals surface area contributed by atoms with Crippen molar-refractivity contribution in [1.82, 2.24) is 0 Å². The monoisotopic (exact) mass is 602 g/mol. The van der Waals surface area contributed by atoms with Gasteiger partial charge in [-0.25, -0.2) is 13.2 Å². The van der Waals surface area contributed by atoms with E-state index >= 15 is 4.39 Å². The first-order chi connectivity index (χ1) is 21.5. The summed E-state index contributed by atoms with van der Waals surface area (Å²) in [5.74, 6) is 1.41. The molecule has 5 rings (SSSR count). The summed E-state index contributed by atoms with van der Waals surface area (Å²) in [5.41, 5.74) is 3.71. The number of halogens is 3. The molecule has 0 radical (unpaired) electrons. The van der Waals surface area contributed by atoms with E-state index in [-0.39, 0.29) is 11.4 Å². The molecule has 0 aromatic heterocycles. The summed E-state index contributed by atoms with van der Waals surface area (Å²) in [6.45, 7) is 4.43. The number of unbranched alkanes of at least 4 members (excludes halogenated alkanes) is 5. The zero-order chi connectivity index (χ0) is 30.9. The van der Waals surface area contributed by atoms with Gasteiger partial charge in [-0.2, -0.15) is 0 Å². The molecule has 0 unspecified atom stereocenters. The molecule has 0 nitrogen and oxygen atoms in total. The van der Waals surface area contributed by atoms with Crippen LogP contribution in [0.5, 0.6) is 0 Å². The Hall–Kier alpha value is -2.55. The van der Waals surface area contributed by atoms with E-state index in [2.05, 4.69) is 19.9 Å². The van der Waals surface area contributed by atoms with E-state index in [1.165, 1.54) is 64.2 Å². The first-order valence-electron chi connectivity index (χ1n) is 17.9. The summed E-state index contributed by atoms with van der Waals surface area (Å²) in [4.78, 5) is 0. The fraction of sp³-hybridized carbons (Fsp3) is 0.561. The molecule has 0 spiro atoms. The van der Waals surface area contributed by atoms with E-state index in [4.69, 9.17) is 0 Å². The maximum Gasteiger partial charge on any atom is 0.166 e. The highest BCUT2D eigenvalue weighted by Gasteiger charge is 2.31. The van der Waals surface area contributed by atoms with Crippen molar-refractivity contribution >= 4 is 0 Å². The second-order valence-corrected chi connectivity index (χ2v) is 13.9. The molecule has 0 saturated heterocycles. The van der Waals surface area contributed by atoms with Gasteiger partial charge in [-0.15, -0.1) is 0 Å². The van der Waals surface area contributed by atoms with Crippen molar-refractivity contribution in [2.75, 3.05) is 0 Å². The lowest BCUT2D eigenvalue weighted by Crippen LogP contribution is -2.25. The molecule has 0 amide bonds. The predicted molar refractivity (Wildman–Crippen MR) is 179 cm³/mol. The van der Waals surface area contributed by atoms with Crippen molar-refractivity contribution in [3.63, 3.8) is 0 Å². The molecular formula is C41H53F3. The highest BCUT2D eigenvalue weighted by molar-refractivity contribution is 5.71. The summed E-state index contributed by atoms with van der Waals surface area (Å²) < 4.78 is 45.2. The molecule has 2 aliphatic rings. The van der Waals surface area contributed by atoms with Crippen LogP contribution >= 0.6 is 0 Å². The van der Waals surface area contributed by atoms with E-state index in [0.29, 0.717) is 29.0 Å². The van der Waals surface area contributed by atoms with E-state index in [9.17, 15) is 8.78 Å². The van der Waals surface area contributed by atoms with Crippen molar-refractivity contribution in [3.05, 3.63) is 83.2 Å². The summed E-state index contributed by atoms with van der Waals surface area (Å²) >= 11 is 0. The molecule has 3 heteroatoms. The quantitative estimate of drug-likeness (QED) is 0.171.